The van der Waals surface area contributed by atoms with E-state index in [0.717, 1.165) is 13.0 Å². The van der Waals surface area contributed by atoms with Crippen LogP contribution in [0.3, 0.4) is 0 Å². The summed E-state index contributed by atoms with van der Waals surface area (Å²) in [5.74, 6) is 0.487. The molecule has 1 heterocycles. The minimum absolute atomic E-state index is 0.0445. The van der Waals surface area contributed by atoms with E-state index < -0.39 is 9.84 Å². The number of likely N-dealkylation sites (N-methyl/N-ethyl adjacent to an activating group) is 1. The first-order valence-electron chi connectivity index (χ1n) is 6.72. The van der Waals surface area contributed by atoms with Crippen molar-refractivity contribution >= 4 is 9.84 Å². The molecule has 0 spiro atoms. The number of hydrogen-bond acceptors (Lipinski definition) is 5. The Bertz CT molecular complexity index is 312. The summed E-state index contributed by atoms with van der Waals surface area (Å²) < 4.78 is 33.9. The number of nitrogens with one attached hydrogen (secondary N) is 1. The highest BCUT2D eigenvalue weighted by Crippen LogP contribution is 2.12. The van der Waals surface area contributed by atoms with Gasteiger partial charge < -0.3 is 14.8 Å². The van der Waals surface area contributed by atoms with E-state index in [-0.39, 0.29) is 23.7 Å². The molecule has 1 N–H and O–H groups in total. The Morgan fingerprint density at radius 1 is 1.33 bits per heavy atom. The number of ether oxygens (including phenoxy) is 2. The van der Waals surface area contributed by atoms with E-state index in [4.69, 9.17) is 9.47 Å². The Balaban J connectivity index is 2.37. The lowest BCUT2D eigenvalue weighted by atomic mass is 10.1. The zero-order valence-corrected chi connectivity index (χ0v) is 12.2. The molecule has 1 fully saturated rings. The predicted octanol–water partition coefficient (Wildman–Crippen LogP) is 0.595. The molecule has 18 heavy (non-hydrogen) atoms. The summed E-state index contributed by atoms with van der Waals surface area (Å²) in [6.07, 6.45) is 1.53. The molecule has 2 unspecified atom stereocenters. The van der Waals surface area contributed by atoms with Crippen molar-refractivity contribution in [2.45, 2.75) is 38.8 Å². The van der Waals surface area contributed by atoms with Crippen LogP contribution in [0, 0.1) is 0 Å². The second-order valence-electron chi connectivity index (χ2n) is 4.53. The lowest BCUT2D eigenvalue weighted by Crippen LogP contribution is -2.46. The molecule has 6 heteroatoms. The number of hydrogen-bond donors (Lipinski definition) is 1. The van der Waals surface area contributed by atoms with E-state index >= 15 is 0 Å². The Labute approximate surface area is 110 Å². The van der Waals surface area contributed by atoms with Crippen LogP contribution in [0.5, 0.6) is 0 Å². The van der Waals surface area contributed by atoms with Gasteiger partial charge in [-0.25, -0.2) is 8.42 Å². The van der Waals surface area contributed by atoms with Gasteiger partial charge in [-0.2, -0.15) is 0 Å². The van der Waals surface area contributed by atoms with Crippen LogP contribution in [0.1, 0.15) is 26.7 Å². The van der Waals surface area contributed by atoms with Crippen LogP contribution in [0.25, 0.3) is 0 Å². The van der Waals surface area contributed by atoms with Crippen LogP contribution in [0.2, 0.25) is 0 Å². The van der Waals surface area contributed by atoms with Crippen molar-refractivity contribution in [3.8, 4) is 0 Å². The quantitative estimate of drug-likeness (QED) is 0.704. The molecule has 0 saturated carbocycles. The molecule has 108 valence electrons. The van der Waals surface area contributed by atoms with E-state index in [2.05, 4.69) is 5.32 Å². The average Bonchev–Trinajstić information content (AvgIpc) is 2.39. The lowest BCUT2D eigenvalue weighted by Gasteiger charge is -2.31. The first-order chi connectivity index (χ1) is 8.59. The second-order valence-corrected chi connectivity index (χ2v) is 7.00. The Hall–Kier alpha value is -0.170. The van der Waals surface area contributed by atoms with Crippen LogP contribution in [-0.4, -0.2) is 58.4 Å². The third kappa shape index (κ3) is 5.65. The van der Waals surface area contributed by atoms with Gasteiger partial charge in [0.1, 0.15) is 9.84 Å². The maximum atomic E-state index is 11.4. The van der Waals surface area contributed by atoms with Crippen molar-refractivity contribution in [2.75, 3.05) is 37.9 Å². The SMILES string of the molecule is CCNC(CCCS(=O)(=O)CC)C1COCCO1. The third-order valence-corrected chi connectivity index (χ3v) is 4.96. The van der Waals surface area contributed by atoms with Crippen LogP contribution in [0.4, 0.5) is 0 Å². The third-order valence-electron chi connectivity index (χ3n) is 3.17. The molecule has 1 saturated heterocycles. The second kappa shape index (κ2) is 8.09. The van der Waals surface area contributed by atoms with Gasteiger partial charge in [0.15, 0.2) is 0 Å². The van der Waals surface area contributed by atoms with E-state index in [9.17, 15) is 8.42 Å². The number of sulfone groups is 1. The molecular formula is C12H25NO4S. The molecule has 0 aliphatic carbocycles. The molecule has 1 aliphatic rings. The van der Waals surface area contributed by atoms with E-state index in [0.29, 0.717) is 26.2 Å². The van der Waals surface area contributed by atoms with Gasteiger partial charge >= 0.3 is 0 Å². The summed E-state index contributed by atoms with van der Waals surface area (Å²) in [6, 6.07) is 0.183. The first-order valence-corrected chi connectivity index (χ1v) is 8.54. The minimum Gasteiger partial charge on any atom is -0.376 e. The number of rotatable bonds is 8. The minimum atomic E-state index is -2.86. The molecule has 2 atom stereocenters. The fraction of sp³-hybridized carbons (Fsp3) is 1.00. The molecule has 0 aromatic rings. The maximum absolute atomic E-state index is 11.4. The smallest absolute Gasteiger partial charge is 0.150 e. The predicted molar refractivity (Wildman–Crippen MR) is 71.6 cm³/mol. The summed E-state index contributed by atoms with van der Waals surface area (Å²) in [4.78, 5) is 0. The van der Waals surface area contributed by atoms with Crippen molar-refractivity contribution < 1.29 is 17.9 Å². The van der Waals surface area contributed by atoms with Gasteiger partial charge in [0.25, 0.3) is 0 Å². The molecule has 1 rings (SSSR count). The molecule has 0 bridgehead atoms. The van der Waals surface area contributed by atoms with Crippen molar-refractivity contribution in [3.63, 3.8) is 0 Å². The summed E-state index contributed by atoms with van der Waals surface area (Å²) >= 11 is 0. The zero-order valence-electron chi connectivity index (χ0n) is 11.4. The van der Waals surface area contributed by atoms with Gasteiger partial charge in [-0.1, -0.05) is 13.8 Å². The first kappa shape index (κ1) is 15.9. The van der Waals surface area contributed by atoms with E-state index in [1.807, 2.05) is 6.92 Å². The van der Waals surface area contributed by atoms with Crippen molar-refractivity contribution in [1.82, 2.24) is 5.32 Å². The fourth-order valence-electron chi connectivity index (χ4n) is 2.09. The Morgan fingerprint density at radius 2 is 2.11 bits per heavy atom. The topological polar surface area (TPSA) is 64.6 Å². The summed E-state index contributed by atoms with van der Waals surface area (Å²) in [5, 5.41) is 3.36. The highest BCUT2D eigenvalue weighted by molar-refractivity contribution is 7.91. The van der Waals surface area contributed by atoms with E-state index in [1.54, 1.807) is 6.92 Å². The molecule has 0 amide bonds. The highest BCUT2D eigenvalue weighted by Gasteiger charge is 2.24. The van der Waals surface area contributed by atoms with Crippen LogP contribution >= 0.6 is 0 Å². The van der Waals surface area contributed by atoms with Crippen LogP contribution in [0.15, 0.2) is 0 Å². The van der Waals surface area contributed by atoms with Crippen molar-refractivity contribution in [1.29, 1.82) is 0 Å². The molecule has 0 aromatic heterocycles. The Kier molecular flexibility index (Phi) is 7.14. The van der Waals surface area contributed by atoms with Gasteiger partial charge in [0.2, 0.25) is 0 Å². The van der Waals surface area contributed by atoms with Crippen molar-refractivity contribution in [3.05, 3.63) is 0 Å². The summed E-state index contributed by atoms with van der Waals surface area (Å²) in [6.45, 7) is 6.46. The molecular weight excluding hydrogens is 254 g/mol. The van der Waals surface area contributed by atoms with Crippen molar-refractivity contribution in [2.24, 2.45) is 0 Å². The normalized spacial score (nSPS) is 22.9. The summed E-state index contributed by atoms with van der Waals surface area (Å²) in [7, 11) is -2.86. The maximum Gasteiger partial charge on any atom is 0.150 e. The summed E-state index contributed by atoms with van der Waals surface area (Å²) in [5.41, 5.74) is 0. The standard InChI is InChI=1S/C12H25NO4S/c1-3-13-11(12-10-16-7-8-17-12)6-5-9-18(14,15)4-2/h11-13H,3-10H2,1-2H3. The van der Waals surface area contributed by atoms with Crippen LogP contribution in [-0.2, 0) is 19.3 Å². The monoisotopic (exact) mass is 279 g/mol. The average molecular weight is 279 g/mol. The van der Waals surface area contributed by atoms with Gasteiger partial charge in [-0.15, -0.1) is 0 Å². The van der Waals surface area contributed by atoms with E-state index in [1.165, 1.54) is 0 Å². The molecule has 0 radical (unpaired) electrons. The fourth-order valence-corrected chi connectivity index (χ4v) is 2.98. The molecule has 0 aromatic carbocycles. The Morgan fingerprint density at radius 3 is 2.67 bits per heavy atom. The highest BCUT2D eigenvalue weighted by atomic mass is 32.2. The molecule has 1 aliphatic heterocycles. The van der Waals surface area contributed by atoms with Crippen LogP contribution < -0.4 is 5.32 Å². The lowest BCUT2D eigenvalue weighted by molar-refractivity contribution is -0.102. The van der Waals surface area contributed by atoms with Gasteiger partial charge in [-0.05, 0) is 19.4 Å². The zero-order chi connectivity index (χ0) is 13.4. The van der Waals surface area contributed by atoms with Gasteiger partial charge in [-0.3, -0.25) is 0 Å². The van der Waals surface area contributed by atoms with Gasteiger partial charge in [0, 0.05) is 11.8 Å². The van der Waals surface area contributed by atoms with Gasteiger partial charge in [0.05, 0.1) is 31.7 Å². The molecule has 5 nitrogen and oxygen atoms in total. The largest absolute Gasteiger partial charge is 0.376 e.